The molecule has 0 radical (unpaired) electrons. The van der Waals surface area contributed by atoms with Crippen molar-refractivity contribution in [2.75, 3.05) is 0 Å². The lowest BCUT2D eigenvalue weighted by molar-refractivity contribution is 0.720. The van der Waals surface area contributed by atoms with Crippen LogP contribution in [0.2, 0.25) is 0 Å². The van der Waals surface area contributed by atoms with Gasteiger partial charge in [0.2, 0.25) is 5.56 Å². The summed E-state index contributed by atoms with van der Waals surface area (Å²) in [6, 6.07) is 2.94. The zero-order valence-electron chi connectivity index (χ0n) is 10.6. The van der Waals surface area contributed by atoms with E-state index in [4.69, 9.17) is 0 Å². The molecule has 0 unspecified atom stereocenters. The van der Waals surface area contributed by atoms with Crippen LogP contribution in [0.3, 0.4) is 0 Å². The second kappa shape index (κ2) is 4.34. The molecule has 0 saturated heterocycles. The van der Waals surface area contributed by atoms with Crippen LogP contribution in [0.1, 0.15) is 6.92 Å². The van der Waals surface area contributed by atoms with Crippen LogP contribution in [-0.2, 0) is 6.54 Å². The first-order valence-corrected chi connectivity index (χ1v) is 6.02. The summed E-state index contributed by atoms with van der Waals surface area (Å²) in [6.07, 6.45) is 1.49. The standard InChI is InChI=1S/C12H11N5O3/c1-2-17-10-8(11(19)16-12(17)20)14-9(15-10)6-3-4-7(18)13-5-6/h3-5H,2H2,1H3,(H,13,18)(H,14,15)(H,16,19,20). The highest BCUT2D eigenvalue weighted by Gasteiger charge is 2.12. The van der Waals surface area contributed by atoms with Crippen LogP contribution in [0.25, 0.3) is 22.6 Å². The molecule has 0 aromatic carbocycles. The lowest BCUT2D eigenvalue weighted by Gasteiger charge is -1.99. The molecule has 3 N–H and O–H groups in total. The summed E-state index contributed by atoms with van der Waals surface area (Å²) in [5.74, 6) is 0.412. The number of hydrogen-bond acceptors (Lipinski definition) is 4. The lowest BCUT2D eigenvalue weighted by Crippen LogP contribution is -2.29. The molecule has 0 amide bonds. The minimum absolute atomic E-state index is 0.229. The van der Waals surface area contributed by atoms with Gasteiger partial charge in [-0.3, -0.25) is 19.1 Å². The van der Waals surface area contributed by atoms with Gasteiger partial charge in [-0.1, -0.05) is 0 Å². The fourth-order valence-corrected chi connectivity index (χ4v) is 2.03. The van der Waals surface area contributed by atoms with Gasteiger partial charge in [0.05, 0.1) is 0 Å². The molecular formula is C12H11N5O3. The molecule has 3 heterocycles. The van der Waals surface area contributed by atoms with E-state index in [2.05, 4.69) is 19.9 Å². The molecule has 0 aliphatic carbocycles. The average Bonchev–Trinajstić information content (AvgIpc) is 2.85. The van der Waals surface area contributed by atoms with Crippen molar-refractivity contribution < 1.29 is 0 Å². The third-order valence-electron chi connectivity index (χ3n) is 3.01. The fraction of sp³-hybridized carbons (Fsp3) is 0.167. The second-order valence-corrected chi connectivity index (χ2v) is 4.23. The van der Waals surface area contributed by atoms with Crippen LogP contribution < -0.4 is 16.8 Å². The van der Waals surface area contributed by atoms with E-state index in [0.29, 0.717) is 23.6 Å². The number of H-pyrrole nitrogens is 3. The summed E-state index contributed by atoms with van der Waals surface area (Å²) in [4.78, 5) is 46.4. The molecule has 0 bridgehead atoms. The van der Waals surface area contributed by atoms with Crippen LogP contribution in [0, 0.1) is 0 Å². The third kappa shape index (κ3) is 1.78. The van der Waals surface area contributed by atoms with Gasteiger partial charge >= 0.3 is 5.69 Å². The molecule has 3 aromatic heterocycles. The molecule has 20 heavy (non-hydrogen) atoms. The molecule has 3 aromatic rings. The van der Waals surface area contributed by atoms with Crippen molar-refractivity contribution >= 4 is 11.2 Å². The summed E-state index contributed by atoms with van der Waals surface area (Å²) in [5.41, 5.74) is -0.0963. The monoisotopic (exact) mass is 273 g/mol. The van der Waals surface area contributed by atoms with Crippen molar-refractivity contribution in [1.29, 1.82) is 0 Å². The van der Waals surface area contributed by atoms with E-state index >= 15 is 0 Å². The summed E-state index contributed by atoms with van der Waals surface area (Å²) < 4.78 is 1.36. The van der Waals surface area contributed by atoms with E-state index in [1.807, 2.05) is 0 Å². The number of rotatable bonds is 2. The Morgan fingerprint density at radius 3 is 2.65 bits per heavy atom. The van der Waals surface area contributed by atoms with E-state index in [-0.39, 0.29) is 11.1 Å². The van der Waals surface area contributed by atoms with Gasteiger partial charge in [-0.2, -0.15) is 0 Å². The Kier molecular flexibility index (Phi) is 2.63. The number of imidazole rings is 1. The molecule has 0 saturated carbocycles. The molecule has 0 spiro atoms. The summed E-state index contributed by atoms with van der Waals surface area (Å²) in [7, 11) is 0. The SMILES string of the molecule is CCn1c(=O)[nH]c(=O)c2[nH]c(-c3ccc(=O)[nH]c3)nc21. The summed E-state index contributed by atoms with van der Waals surface area (Å²) in [5, 5.41) is 0. The maximum atomic E-state index is 11.8. The Hall–Kier alpha value is -2.90. The van der Waals surface area contributed by atoms with Crippen molar-refractivity contribution in [1.82, 2.24) is 24.5 Å². The smallest absolute Gasteiger partial charge is 0.330 e. The number of hydrogen-bond donors (Lipinski definition) is 3. The molecule has 102 valence electrons. The predicted octanol–water partition coefficient (Wildman–Crippen LogP) is -0.212. The number of aryl methyl sites for hydroxylation is 1. The first kappa shape index (κ1) is 12.2. The Bertz CT molecular complexity index is 939. The largest absolute Gasteiger partial charge is 0.332 e. The lowest BCUT2D eigenvalue weighted by atomic mass is 10.3. The number of nitrogens with zero attached hydrogens (tertiary/aromatic N) is 2. The fourth-order valence-electron chi connectivity index (χ4n) is 2.03. The highest BCUT2D eigenvalue weighted by Crippen LogP contribution is 2.15. The summed E-state index contributed by atoms with van der Waals surface area (Å²) in [6.45, 7) is 2.18. The van der Waals surface area contributed by atoms with Gasteiger partial charge in [-0.05, 0) is 13.0 Å². The minimum Gasteiger partial charge on any atom is -0.332 e. The Balaban J connectivity index is 2.33. The molecule has 0 aliphatic rings. The number of pyridine rings is 1. The van der Waals surface area contributed by atoms with Gasteiger partial charge in [0.1, 0.15) is 11.3 Å². The molecule has 3 rings (SSSR count). The van der Waals surface area contributed by atoms with E-state index in [1.54, 1.807) is 13.0 Å². The quantitative estimate of drug-likeness (QED) is 0.598. The number of fused-ring (bicyclic) bond motifs is 1. The number of aromatic nitrogens is 5. The van der Waals surface area contributed by atoms with Crippen LogP contribution in [0.15, 0.2) is 32.7 Å². The molecule has 8 nitrogen and oxygen atoms in total. The van der Waals surface area contributed by atoms with Gasteiger partial charge in [0, 0.05) is 24.4 Å². The first-order chi connectivity index (χ1) is 9.60. The van der Waals surface area contributed by atoms with E-state index in [9.17, 15) is 14.4 Å². The first-order valence-electron chi connectivity index (χ1n) is 6.02. The molecule has 0 atom stereocenters. The van der Waals surface area contributed by atoms with Gasteiger partial charge in [-0.15, -0.1) is 0 Å². The van der Waals surface area contributed by atoms with Crippen molar-refractivity contribution in [3.8, 4) is 11.4 Å². The topological polar surface area (TPSA) is 116 Å². The van der Waals surface area contributed by atoms with Crippen LogP contribution >= 0.6 is 0 Å². The maximum Gasteiger partial charge on any atom is 0.330 e. The molecule has 0 fully saturated rings. The summed E-state index contributed by atoms with van der Waals surface area (Å²) >= 11 is 0. The second-order valence-electron chi connectivity index (χ2n) is 4.23. The maximum absolute atomic E-state index is 11.8. The average molecular weight is 273 g/mol. The number of nitrogens with one attached hydrogen (secondary N) is 3. The Morgan fingerprint density at radius 2 is 2.00 bits per heavy atom. The van der Waals surface area contributed by atoms with E-state index in [1.165, 1.54) is 16.8 Å². The molecule has 0 aliphatic heterocycles. The van der Waals surface area contributed by atoms with Gasteiger partial charge < -0.3 is 9.97 Å². The van der Waals surface area contributed by atoms with Crippen LogP contribution in [0.4, 0.5) is 0 Å². The highest BCUT2D eigenvalue weighted by molar-refractivity contribution is 5.75. The third-order valence-corrected chi connectivity index (χ3v) is 3.01. The molecule has 8 heteroatoms. The van der Waals surface area contributed by atoms with Crippen LogP contribution in [0.5, 0.6) is 0 Å². The van der Waals surface area contributed by atoms with E-state index < -0.39 is 11.2 Å². The number of aromatic amines is 3. The zero-order chi connectivity index (χ0) is 14.3. The Morgan fingerprint density at radius 1 is 1.20 bits per heavy atom. The van der Waals surface area contributed by atoms with Crippen molar-refractivity contribution in [2.24, 2.45) is 0 Å². The minimum atomic E-state index is -0.516. The van der Waals surface area contributed by atoms with Crippen molar-refractivity contribution in [2.45, 2.75) is 13.5 Å². The van der Waals surface area contributed by atoms with Crippen molar-refractivity contribution in [3.63, 3.8) is 0 Å². The van der Waals surface area contributed by atoms with Crippen LogP contribution in [-0.4, -0.2) is 24.5 Å². The van der Waals surface area contributed by atoms with Crippen molar-refractivity contribution in [3.05, 3.63) is 49.5 Å². The highest BCUT2D eigenvalue weighted by atomic mass is 16.2. The van der Waals surface area contributed by atoms with E-state index in [0.717, 1.165) is 0 Å². The molecular weight excluding hydrogens is 262 g/mol. The zero-order valence-corrected chi connectivity index (χ0v) is 10.6. The predicted molar refractivity (Wildman–Crippen MR) is 72.7 cm³/mol. The van der Waals surface area contributed by atoms with Gasteiger partial charge in [-0.25, -0.2) is 9.78 Å². The Labute approximate surface area is 111 Å². The van der Waals surface area contributed by atoms with Gasteiger partial charge in [0.25, 0.3) is 5.56 Å². The van der Waals surface area contributed by atoms with Gasteiger partial charge in [0.15, 0.2) is 5.65 Å². The normalized spacial score (nSPS) is 11.1.